The molecule has 1 heterocycles. The number of nitro benzene ring substituents is 1. The third-order valence-electron chi connectivity index (χ3n) is 4.16. The molecule has 0 aliphatic rings. The summed E-state index contributed by atoms with van der Waals surface area (Å²) in [5.41, 5.74) is 2.69. The van der Waals surface area contributed by atoms with E-state index in [1.807, 2.05) is 37.3 Å². The van der Waals surface area contributed by atoms with E-state index in [9.17, 15) is 20.0 Å². The Kier molecular flexibility index (Phi) is 4.85. The topological polar surface area (TPSA) is 98.3 Å². The van der Waals surface area contributed by atoms with E-state index in [-0.39, 0.29) is 5.78 Å². The van der Waals surface area contributed by atoms with Gasteiger partial charge in [0.05, 0.1) is 27.6 Å². The Morgan fingerprint density at radius 1 is 1.19 bits per heavy atom. The van der Waals surface area contributed by atoms with Crippen molar-refractivity contribution in [3.8, 4) is 11.4 Å². The van der Waals surface area contributed by atoms with Crippen molar-refractivity contribution in [1.82, 2.24) is 9.78 Å². The third-order valence-corrected chi connectivity index (χ3v) is 4.16. The molecule has 3 rings (SSSR count). The van der Waals surface area contributed by atoms with Crippen LogP contribution in [-0.4, -0.2) is 25.6 Å². The fraction of sp³-hybridized carbons (Fsp3) is 0.100. The van der Waals surface area contributed by atoms with Gasteiger partial charge in [0.15, 0.2) is 11.5 Å². The molecule has 0 fully saturated rings. The largest absolute Gasteiger partial charge is 0.502 e. The second-order valence-corrected chi connectivity index (χ2v) is 6.00. The van der Waals surface area contributed by atoms with Crippen molar-refractivity contribution in [2.24, 2.45) is 0 Å². The molecule has 0 unspecified atom stereocenters. The zero-order valence-corrected chi connectivity index (χ0v) is 14.8. The molecule has 0 aliphatic carbocycles. The van der Waals surface area contributed by atoms with Gasteiger partial charge in [0.1, 0.15) is 0 Å². The Bertz CT molecular complexity index is 1050. The average Bonchev–Trinajstić information content (AvgIpc) is 2.95. The van der Waals surface area contributed by atoms with Gasteiger partial charge >= 0.3 is 5.69 Å². The quantitative estimate of drug-likeness (QED) is 0.320. The van der Waals surface area contributed by atoms with Gasteiger partial charge in [-0.25, -0.2) is 4.68 Å². The van der Waals surface area contributed by atoms with Crippen molar-refractivity contribution in [2.45, 2.75) is 13.8 Å². The van der Waals surface area contributed by atoms with Crippen molar-refractivity contribution < 1.29 is 14.8 Å². The van der Waals surface area contributed by atoms with Gasteiger partial charge in [-0.1, -0.05) is 30.3 Å². The maximum absolute atomic E-state index is 12.7. The van der Waals surface area contributed by atoms with Gasteiger partial charge in [0.25, 0.3) is 0 Å². The van der Waals surface area contributed by atoms with Crippen LogP contribution in [0, 0.1) is 24.0 Å². The minimum Gasteiger partial charge on any atom is -0.502 e. The van der Waals surface area contributed by atoms with Crippen LogP contribution in [0.4, 0.5) is 5.69 Å². The fourth-order valence-corrected chi connectivity index (χ4v) is 2.87. The van der Waals surface area contributed by atoms with Crippen LogP contribution < -0.4 is 0 Å². The van der Waals surface area contributed by atoms with E-state index in [0.717, 1.165) is 5.69 Å². The molecule has 2 aromatic carbocycles. The molecule has 0 spiro atoms. The number of hydrogen-bond acceptors (Lipinski definition) is 5. The standard InChI is InChI=1S/C20H17N3O4/c1-13-20(14(2)22(21-13)16-6-4-3-5-7-16)19(25)11-9-15-8-10-18(24)17(12-15)23(26)27/h3-12,24H,1-2H3. The molecule has 136 valence electrons. The number of ketones is 1. The summed E-state index contributed by atoms with van der Waals surface area (Å²) in [6.07, 6.45) is 2.83. The van der Waals surface area contributed by atoms with Gasteiger partial charge in [0, 0.05) is 6.07 Å². The van der Waals surface area contributed by atoms with Gasteiger partial charge in [-0.05, 0) is 43.7 Å². The van der Waals surface area contributed by atoms with Gasteiger partial charge in [-0.3, -0.25) is 14.9 Å². The number of aryl methyl sites for hydroxylation is 1. The lowest BCUT2D eigenvalue weighted by atomic mass is 10.1. The average molecular weight is 363 g/mol. The Hall–Kier alpha value is -3.74. The smallest absolute Gasteiger partial charge is 0.311 e. The number of aromatic nitrogens is 2. The molecule has 0 saturated carbocycles. The first-order valence-electron chi connectivity index (χ1n) is 8.20. The molecule has 1 aromatic heterocycles. The number of allylic oxidation sites excluding steroid dienone is 1. The van der Waals surface area contributed by atoms with E-state index in [0.29, 0.717) is 22.5 Å². The molecule has 0 radical (unpaired) electrons. The van der Waals surface area contributed by atoms with E-state index in [1.54, 1.807) is 11.6 Å². The first kappa shape index (κ1) is 18.1. The summed E-state index contributed by atoms with van der Waals surface area (Å²) < 4.78 is 1.71. The minimum absolute atomic E-state index is 0.247. The zero-order chi connectivity index (χ0) is 19.6. The molecule has 0 atom stereocenters. The summed E-state index contributed by atoms with van der Waals surface area (Å²) in [5, 5.41) is 24.8. The normalized spacial score (nSPS) is 11.0. The number of carbonyl (C=O) groups excluding carboxylic acids is 1. The molecular formula is C20H17N3O4. The van der Waals surface area contributed by atoms with Crippen LogP contribution in [0.25, 0.3) is 11.8 Å². The van der Waals surface area contributed by atoms with Gasteiger partial charge < -0.3 is 5.11 Å². The second kappa shape index (κ2) is 7.25. The van der Waals surface area contributed by atoms with Crippen molar-refractivity contribution in [3.05, 3.63) is 87.2 Å². The number of benzene rings is 2. The molecule has 7 nitrogen and oxygen atoms in total. The van der Waals surface area contributed by atoms with Crippen LogP contribution in [0.3, 0.4) is 0 Å². The summed E-state index contributed by atoms with van der Waals surface area (Å²) in [7, 11) is 0. The van der Waals surface area contributed by atoms with Gasteiger partial charge in [0.2, 0.25) is 0 Å². The molecular weight excluding hydrogens is 346 g/mol. The lowest BCUT2D eigenvalue weighted by Gasteiger charge is -2.04. The fourth-order valence-electron chi connectivity index (χ4n) is 2.87. The summed E-state index contributed by atoms with van der Waals surface area (Å²) in [4.78, 5) is 22.9. The van der Waals surface area contributed by atoms with E-state index in [2.05, 4.69) is 5.10 Å². The lowest BCUT2D eigenvalue weighted by Crippen LogP contribution is -2.01. The molecule has 3 aromatic rings. The van der Waals surface area contributed by atoms with Crippen LogP contribution in [0.5, 0.6) is 5.75 Å². The van der Waals surface area contributed by atoms with Crippen LogP contribution in [-0.2, 0) is 0 Å². The first-order chi connectivity index (χ1) is 12.9. The van der Waals surface area contributed by atoms with E-state index in [4.69, 9.17) is 0 Å². The first-order valence-corrected chi connectivity index (χ1v) is 8.20. The monoisotopic (exact) mass is 363 g/mol. The number of phenolic OH excluding ortho intramolecular Hbond substituents is 1. The highest BCUT2D eigenvalue weighted by atomic mass is 16.6. The number of rotatable bonds is 5. The molecule has 1 N–H and O–H groups in total. The highest BCUT2D eigenvalue weighted by Gasteiger charge is 2.18. The number of phenols is 1. The number of aromatic hydroxyl groups is 1. The summed E-state index contributed by atoms with van der Waals surface area (Å²) in [5.74, 6) is -0.665. The van der Waals surface area contributed by atoms with E-state index < -0.39 is 16.4 Å². The van der Waals surface area contributed by atoms with Crippen molar-refractivity contribution >= 4 is 17.5 Å². The summed E-state index contributed by atoms with van der Waals surface area (Å²) in [6, 6.07) is 13.4. The number of carbonyl (C=O) groups is 1. The van der Waals surface area contributed by atoms with Crippen LogP contribution in [0.15, 0.2) is 54.6 Å². The Labute approximate surface area is 155 Å². The maximum atomic E-state index is 12.7. The predicted octanol–water partition coefficient (Wildman–Crippen LogP) is 4.00. The summed E-state index contributed by atoms with van der Waals surface area (Å²) in [6.45, 7) is 3.58. The molecule has 0 amide bonds. The predicted molar refractivity (Wildman–Crippen MR) is 101 cm³/mol. The molecule has 0 aliphatic heterocycles. The van der Waals surface area contributed by atoms with E-state index >= 15 is 0 Å². The number of nitro groups is 1. The Balaban J connectivity index is 1.91. The highest BCUT2D eigenvalue weighted by molar-refractivity contribution is 6.08. The third kappa shape index (κ3) is 3.62. The molecule has 7 heteroatoms. The molecule has 0 bridgehead atoms. The maximum Gasteiger partial charge on any atom is 0.311 e. The van der Waals surface area contributed by atoms with Crippen LogP contribution in [0.1, 0.15) is 27.3 Å². The number of nitrogens with zero attached hydrogens (tertiary/aromatic N) is 3. The molecule has 27 heavy (non-hydrogen) atoms. The van der Waals surface area contributed by atoms with Gasteiger partial charge in [-0.2, -0.15) is 5.10 Å². The SMILES string of the molecule is Cc1nn(-c2ccccc2)c(C)c1C(=O)C=Cc1ccc(O)c([N+](=O)[O-])c1. The van der Waals surface area contributed by atoms with Crippen LogP contribution in [0.2, 0.25) is 0 Å². The number of hydrogen-bond donors (Lipinski definition) is 1. The highest BCUT2D eigenvalue weighted by Crippen LogP contribution is 2.27. The number of para-hydroxylation sites is 1. The van der Waals surface area contributed by atoms with Gasteiger partial charge in [-0.15, -0.1) is 0 Å². The van der Waals surface area contributed by atoms with E-state index in [1.165, 1.54) is 30.4 Å². The molecule has 0 saturated heterocycles. The van der Waals surface area contributed by atoms with Crippen molar-refractivity contribution in [3.63, 3.8) is 0 Å². The van der Waals surface area contributed by atoms with Crippen molar-refractivity contribution in [2.75, 3.05) is 0 Å². The Morgan fingerprint density at radius 3 is 2.56 bits per heavy atom. The van der Waals surface area contributed by atoms with Crippen molar-refractivity contribution in [1.29, 1.82) is 0 Å². The van der Waals surface area contributed by atoms with Crippen LogP contribution >= 0.6 is 0 Å². The zero-order valence-electron chi connectivity index (χ0n) is 14.8. The second-order valence-electron chi connectivity index (χ2n) is 6.00. The lowest BCUT2D eigenvalue weighted by molar-refractivity contribution is -0.385. The summed E-state index contributed by atoms with van der Waals surface area (Å²) >= 11 is 0. The minimum atomic E-state index is -0.674. The Morgan fingerprint density at radius 2 is 1.89 bits per heavy atom.